The maximum atomic E-state index is 13.4. The van der Waals surface area contributed by atoms with Crippen LogP contribution in [-0.4, -0.2) is 30.6 Å². The van der Waals surface area contributed by atoms with E-state index < -0.39 is 0 Å². The Labute approximate surface area is 159 Å². The molecule has 3 heteroatoms. The molecule has 0 radical (unpaired) electrons. The maximum Gasteiger partial charge on any atom is 0.226 e. The van der Waals surface area contributed by atoms with E-state index in [-0.39, 0.29) is 5.41 Å². The van der Waals surface area contributed by atoms with E-state index in [2.05, 4.69) is 12.2 Å². The molecule has 0 aromatic rings. The molecule has 2 N–H and O–H groups in total. The molecule has 4 aliphatic carbocycles. The van der Waals surface area contributed by atoms with E-state index in [1.165, 1.54) is 90.0 Å². The number of carbonyl (C=O) groups excluding carboxylic acids is 1. The smallest absolute Gasteiger partial charge is 0.226 e. The van der Waals surface area contributed by atoms with Crippen LogP contribution >= 0.6 is 0 Å². The second kappa shape index (κ2) is 6.79. The van der Waals surface area contributed by atoms with Crippen LogP contribution in [0.15, 0.2) is 0 Å². The average Bonchev–Trinajstić information content (AvgIpc) is 2.58. The summed E-state index contributed by atoms with van der Waals surface area (Å²) in [4.78, 5) is 15.3. The fourth-order valence-electron chi connectivity index (χ4n) is 8.27. The number of fused-ring (bicyclic) bond motifs is 2. The first kappa shape index (κ1) is 17.5. The van der Waals surface area contributed by atoms with E-state index in [0.29, 0.717) is 11.9 Å². The van der Waals surface area contributed by atoms with E-state index in [1.54, 1.807) is 0 Å². The predicted octanol–water partition coefficient (Wildman–Crippen LogP) is 3.09. The Morgan fingerprint density at radius 3 is 2.08 bits per heavy atom. The number of unbranched alkanes of at least 4 members (excludes halogenated alkanes) is 1. The van der Waals surface area contributed by atoms with Crippen molar-refractivity contribution in [1.29, 1.82) is 0 Å². The molecule has 4 atom stereocenters. The normalized spacial score (nSPS) is 49.2. The fraction of sp³-hybridized carbons (Fsp3) is 0.957. The molecule has 2 unspecified atom stereocenters. The summed E-state index contributed by atoms with van der Waals surface area (Å²) in [6.45, 7) is 3.68. The van der Waals surface area contributed by atoms with Crippen LogP contribution < -0.4 is 10.2 Å². The topological polar surface area (TPSA) is 33.5 Å². The number of nitrogens with one attached hydrogen (secondary N) is 2. The van der Waals surface area contributed by atoms with Gasteiger partial charge in [-0.05, 0) is 82.0 Å². The van der Waals surface area contributed by atoms with Gasteiger partial charge in [-0.1, -0.05) is 13.3 Å². The van der Waals surface area contributed by atoms with Crippen molar-refractivity contribution >= 4 is 5.91 Å². The Bertz CT molecular complexity index is 495. The molecule has 26 heavy (non-hydrogen) atoms. The van der Waals surface area contributed by atoms with Crippen LogP contribution in [0.3, 0.4) is 0 Å². The van der Waals surface area contributed by atoms with E-state index in [4.69, 9.17) is 0 Å². The lowest BCUT2D eigenvalue weighted by atomic mass is 9.49. The minimum Gasteiger partial charge on any atom is -0.352 e. The first-order valence-electron chi connectivity index (χ1n) is 11.8. The molecule has 6 aliphatic rings. The van der Waals surface area contributed by atoms with Gasteiger partial charge < -0.3 is 10.2 Å². The summed E-state index contributed by atoms with van der Waals surface area (Å²) < 4.78 is 0. The van der Waals surface area contributed by atoms with Crippen molar-refractivity contribution in [2.75, 3.05) is 6.54 Å². The van der Waals surface area contributed by atoms with Crippen molar-refractivity contribution in [1.82, 2.24) is 5.32 Å². The third-order valence-electron chi connectivity index (χ3n) is 8.97. The summed E-state index contributed by atoms with van der Waals surface area (Å²) in [5.74, 6) is 3.07. The monoisotopic (exact) mass is 359 g/mol. The summed E-state index contributed by atoms with van der Waals surface area (Å²) in [5.41, 5.74) is 0.0378. The minimum atomic E-state index is 0.0378. The summed E-state index contributed by atoms with van der Waals surface area (Å²) in [6, 6.07) is 2.10. The molecule has 0 aromatic heterocycles. The molecule has 1 amide bonds. The first-order valence-corrected chi connectivity index (χ1v) is 11.8. The van der Waals surface area contributed by atoms with Crippen molar-refractivity contribution in [3.05, 3.63) is 0 Å². The van der Waals surface area contributed by atoms with Crippen LogP contribution in [0.1, 0.15) is 90.4 Å². The Morgan fingerprint density at radius 1 is 0.962 bits per heavy atom. The van der Waals surface area contributed by atoms with Crippen molar-refractivity contribution in [3.8, 4) is 0 Å². The third-order valence-corrected chi connectivity index (χ3v) is 8.97. The second-order valence-electron chi connectivity index (χ2n) is 10.8. The highest BCUT2D eigenvalue weighted by Gasteiger charge is 2.55. The quantitative estimate of drug-likeness (QED) is 0.777. The van der Waals surface area contributed by atoms with Gasteiger partial charge in [0.15, 0.2) is 0 Å². The van der Waals surface area contributed by atoms with Crippen LogP contribution in [0.4, 0.5) is 0 Å². The van der Waals surface area contributed by atoms with Crippen LogP contribution in [0.25, 0.3) is 0 Å². The molecule has 2 aliphatic heterocycles. The van der Waals surface area contributed by atoms with Crippen molar-refractivity contribution < 1.29 is 9.69 Å². The van der Waals surface area contributed by atoms with Crippen LogP contribution in [-0.2, 0) is 4.79 Å². The third kappa shape index (κ3) is 3.02. The molecule has 2 heterocycles. The molecule has 2 saturated heterocycles. The van der Waals surface area contributed by atoms with Gasteiger partial charge >= 0.3 is 0 Å². The average molecular weight is 360 g/mol. The van der Waals surface area contributed by atoms with Gasteiger partial charge in [-0.2, -0.15) is 0 Å². The summed E-state index contributed by atoms with van der Waals surface area (Å²) in [7, 11) is 0. The zero-order chi connectivity index (χ0) is 17.7. The number of piperidine rings is 2. The fourth-order valence-corrected chi connectivity index (χ4v) is 8.27. The van der Waals surface area contributed by atoms with Crippen molar-refractivity contribution in [2.24, 2.45) is 23.2 Å². The summed E-state index contributed by atoms with van der Waals surface area (Å²) >= 11 is 0. The van der Waals surface area contributed by atoms with Gasteiger partial charge in [-0.25, -0.2) is 0 Å². The van der Waals surface area contributed by atoms with Crippen molar-refractivity contribution in [3.63, 3.8) is 0 Å². The van der Waals surface area contributed by atoms with Gasteiger partial charge in [0.25, 0.3) is 0 Å². The summed E-state index contributed by atoms with van der Waals surface area (Å²) in [5, 5.41) is 3.63. The van der Waals surface area contributed by atoms with Gasteiger partial charge in [-0.15, -0.1) is 0 Å². The van der Waals surface area contributed by atoms with E-state index in [1.807, 2.05) is 4.90 Å². The SMILES string of the molecule is CCCC[NH+]1[C@@H]2CCC[C@H]1CC(NC(=O)C13CC4CC(CC(C4)C1)C3)C2. The van der Waals surface area contributed by atoms with Crippen LogP contribution in [0, 0.1) is 23.2 Å². The lowest BCUT2D eigenvalue weighted by Crippen LogP contribution is -3.21. The molecule has 6 fully saturated rings. The Hall–Kier alpha value is -0.570. The van der Waals surface area contributed by atoms with Gasteiger partial charge in [0.2, 0.25) is 5.91 Å². The molecule has 6 rings (SSSR count). The largest absolute Gasteiger partial charge is 0.352 e. The highest BCUT2D eigenvalue weighted by molar-refractivity contribution is 5.83. The lowest BCUT2D eigenvalue weighted by Gasteiger charge is -2.56. The molecule has 146 valence electrons. The lowest BCUT2D eigenvalue weighted by molar-refractivity contribution is -0.961. The molecular weight excluding hydrogens is 320 g/mol. The first-order chi connectivity index (χ1) is 12.6. The van der Waals surface area contributed by atoms with Crippen molar-refractivity contribution in [2.45, 2.75) is 109 Å². The molecular formula is C23H39N2O+. The zero-order valence-corrected chi connectivity index (χ0v) is 16.8. The standard InChI is InChI=1S/C23H38N2O/c1-2-3-7-25-20-5-4-6-21(25)12-19(11-20)24-22(26)23-13-16-8-17(14-23)10-18(9-16)15-23/h16-21H,2-15H2,1H3,(H,24,26)/p+1/t16?,17?,18?,19?,20-,21+,23?. The Kier molecular flexibility index (Phi) is 4.58. The number of quaternary nitrogens is 1. The minimum absolute atomic E-state index is 0.0378. The number of amides is 1. The van der Waals surface area contributed by atoms with Gasteiger partial charge in [-0.3, -0.25) is 4.79 Å². The second-order valence-corrected chi connectivity index (χ2v) is 10.8. The van der Waals surface area contributed by atoms with Gasteiger partial charge in [0.1, 0.15) is 0 Å². The number of hydrogen-bond acceptors (Lipinski definition) is 1. The molecule has 6 bridgehead atoms. The summed E-state index contributed by atoms with van der Waals surface area (Å²) in [6.07, 6.45) is 17.3. The van der Waals surface area contributed by atoms with Crippen LogP contribution in [0.5, 0.6) is 0 Å². The Balaban J connectivity index is 1.24. The predicted molar refractivity (Wildman–Crippen MR) is 104 cm³/mol. The van der Waals surface area contributed by atoms with Gasteiger partial charge in [0, 0.05) is 24.3 Å². The number of carbonyl (C=O) groups is 1. The molecule has 0 aromatic carbocycles. The van der Waals surface area contributed by atoms with Crippen LogP contribution in [0.2, 0.25) is 0 Å². The number of hydrogen-bond donors (Lipinski definition) is 2. The zero-order valence-electron chi connectivity index (χ0n) is 16.8. The Morgan fingerprint density at radius 2 is 1.54 bits per heavy atom. The van der Waals surface area contributed by atoms with E-state index in [9.17, 15) is 4.79 Å². The van der Waals surface area contributed by atoms with E-state index >= 15 is 0 Å². The molecule has 4 saturated carbocycles. The number of rotatable bonds is 5. The van der Waals surface area contributed by atoms with E-state index in [0.717, 1.165) is 29.8 Å². The molecule has 3 nitrogen and oxygen atoms in total. The molecule has 0 spiro atoms. The highest BCUT2D eigenvalue weighted by Crippen LogP contribution is 2.60. The highest BCUT2D eigenvalue weighted by atomic mass is 16.2. The van der Waals surface area contributed by atoms with Gasteiger partial charge in [0.05, 0.1) is 18.6 Å². The maximum absolute atomic E-state index is 13.4.